The van der Waals surface area contributed by atoms with E-state index in [1.165, 1.54) is 23.6 Å². The first kappa shape index (κ1) is 28.6. The lowest BCUT2D eigenvalue weighted by molar-refractivity contribution is -0.154. The van der Waals surface area contributed by atoms with Gasteiger partial charge in [-0.3, -0.25) is 19.3 Å². The fourth-order valence-corrected chi connectivity index (χ4v) is 6.09. The van der Waals surface area contributed by atoms with Crippen molar-refractivity contribution in [1.82, 2.24) is 10.2 Å². The molecule has 42 heavy (non-hydrogen) atoms. The molecular formula is C31H27N3O7S. The molecule has 2 aliphatic rings. The minimum Gasteiger partial charge on any atom is -0.461 e. The van der Waals surface area contributed by atoms with Gasteiger partial charge in [-0.05, 0) is 11.1 Å². The average molecular weight is 586 g/mol. The highest BCUT2D eigenvalue weighted by molar-refractivity contribution is 8.00. The van der Waals surface area contributed by atoms with Gasteiger partial charge in [0.1, 0.15) is 23.7 Å². The average Bonchev–Trinajstić information content (AvgIpc) is 3.02. The van der Waals surface area contributed by atoms with Crippen LogP contribution < -0.4 is 5.32 Å². The number of nitrogens with one attached hydrogen (secondary N) is 1. The topological polar surface area (TPSA) is 135 Å². The van der Waals surface area contributed by atoms with Crippen molar-refractivity contribution in [3.05, 3.63) is 119 Å². The molecule has 2 N–H and O–H groups in total. The first-order valence-electron chi connectivity index (χ1n) is 13.1. The zero-order valence-electron chi connectivity index (χ0n) is 22.5. The number of β-lactam (4-membered cyclic amide) rings is 1. The van der Waals surface area contributed by atoms with Gasteiger partial charge in [-0.15, -0.1) is 11.8 Å². The second kappa shape index (κ2) is 12.7. The van der Waals surface area contributed by atoms with Crippen molar-refractivity contribution < 1.29 is 33.9 Å². The number of carbonyl (C=O) groups is 4. The number of carbonyl (C=O) groups excluding carboxylic acids is 4. The molecule has 2 amide bonds. The van der Waals surface area contributed by atoms with Crippen molar-refractivity contribution in [1.29, 1.82) is 0 Å². The van der Waals surface area contributed by atoms with E-state index in [2.05, 4.69) is 10.5 Å². The van der Waals surface area contributed by atoms with Crippen LogP contribution in [-0.4, -0.2) is 63.3 Å². The lowest BCUT2D eigenvalue weighted by Gasteiger charge is -2.49. The van der Waals surface area contributed by atoms with E-state index < -0.39 is 41.3 Å². The second-order valence-corrected chi connectivity index (χ2v) is 10.6. The summed E-state index contributed by atoms with van der Waals surface area (Å²) in [5.41, 5.74) is 1.98. The lowest BCUT2D eigenvalue weighted by atomic mass is 10.0. The maximum absolute atomic E-state index is 13.9. The fraction of sp³-hybridized carbons (Fsp3) is 0.194. The first-order valence-corrected chi connectivity index (χ1v) is 14.1. The Labute approximate surface area is 246 Å². The van der Waals surface area contributed by atoms with Gasteiger partial charge in [0.05, 0.1) is 0 Å². The normalized spacial score (nSPS) is 18.2. The molecule has 2 aliphatic heterocycles. The van der Waals surface area contributed by atoms with Crippen molar-refractivity contribution in [2.75, 3.05) is 12.4 Å². The number of rotatable bonds is 9. The maximum Gasteiger partial charge on any atom is 0.356 e. The highest BCUT2D eigenvalue weighted by Gasteiger charge is 2.55. The zero-order valence-corrected chi connectivity index (χ0v) is 23.3. The van der Waals surface area contributed by atoms with E-state index in [-0.39, 0.29) is 23.8 Å². The van der Waals surface area contributed by atoms with Crippen LogP contribution in [0.1, 0.15) is 29.7 Å². The highest BCUT2D eigenvalue weighted by Crippen LogP contribution is 2.41. The predicted molar refractivity (Wildman–Crippen MR) is 154 cm³/mol. The van der Waals surface area contributed by atoms with E-state index in [9.17, 15) is 24.4 Å². The molecule has 3 aromatic carbocycles. The fourth-order valence-electron chi connectivity index (χ4n) is 4.76. The number of ether oxygens (including phenoxy) is 2. The van der Waals surface area contributed by atoms with Crippen molar-refractivity contribution in [3.63, 3.8) is 0 Å². The Bertz CT molecular complexity index is 1500. The first-order chi connectivity index (χ1) is 20.4. The molecule has 0 bridgehead atoms. The molecule has 0 aliphatic carbocycles. The molecule has 3 aromatic rings. The maximum atomic E-state index is 13.9. The Morgan fingerprint density at radius 3 is 2.10 bits per heavy atom. The van der Waals surface area contributed by atoms with E-state index in [0.717, 1.165) is 11.1 Å². The van der Waals surface area contributed by atoms with Crippen molar-refractivity contribution in [2.45, 2.75) is 24.4 Å². The summed E-state index contributed by atoms with van der Waals surface area (Å²) in [6.07, 6.45) is -0.767. The smallest absolute Gasteiger partial charge is 0.356 e. The SMILES string of the molecule is CC(=O)OCC1=C(C(=O)OC(c2ccccc2)c2ccccc2)N2C(=O)[C@@H](NC(=O)/C(=N/O)c3ccccc3)[C@H]2SC1. The Morgan fingerprint density at radius 1 is 0.976 bits per heavy atom. The third-order valence-electron chi connectivity index (χ3n) is 6.77. The third-order valence-corrected chi connectivity index (χ3v) is 8.11. The van der Waals surface area contributed by atoms with Crippen molar-refractivity contribution in [3.8, 4) is 0 Å². The van der Waals surface area contributed by atoms with Crippen LogP contribution in [0.5, 0.6) is 0 Å². The van der Waals surface area contributed by atoms with Crippen LogP contribution in [0, 0.1) is 0 Å². The third kappa shape index (κ3) is 5.91. The minimum absolute atomic E-state index is 0.0218. The van der Waals surface area contributed by atoms with E-state index >= 15 is 0 Å². The molecule has 0 spiro atoms. The summed E-state index contributed by atoms with van der Waals surface area (Å²) in [5, 5.41) is 14.6. The van der Waals surface area contributed by atoms with Crippen LogP contribution in [0.2, 0.25) is 0 Å². The summed E-state index contributed by atoms with van der Waals surface area (Å²) in [6.45, 7) is 1.06. The van der Waals surface area contributed by atoms with Crippen molar-refractivity contribution >= 4 is 41.2 Å². The highest BCUT2D eigenvalue weighted by atomic mass is 32.2. The molecule has 2 heterocycles. The number of oxime groups is 1. The van der Waals surface area contributed by atoms with E-state index in [1.54, 1.807) is 30.3 Å². The number of amides is 2. The largest absolute Gasteiger partial charge is 0.461 e. The van der Waals surface area contributed by atoms with Gasteiger partial charge in [-0.2, -0.15) is 0 Å². The summed E-state index contributed by atoms with van der Waals surface area (Å²) >= 11 is 1.31. The molecule has 5 rings (SSSR count). The van der Waals surface area contributed by atoms with Crippen LogP contribution in [-0.2, 0) is 28.7 Å². The lowest BCUT2D eigenvalue weighted by Crippen LogP contribution is -2.71. The van der Waals surface area contributed by atoms with E-state index in [0.29, 0.717) is 11.1 Å². The summed E-state index contributed by atoms with van der Waals surface area (Å²) in [7, 11) is 0. The van der Waals surface area contributed by atoms with Gasteiger partial charge >= 0.3 is 11.9 Å². The molecule has 2 atom stereocenters. The van der Waals surface area contributed by atoms with Gasteiger partial charge < -0.3 is 20.0 Å². The molecular weight excluding hydrogens is 558 g/mol. The summed E-state index contributed by atoms with van der Waals surface area (Å²) in [4.78, 5) is 53.1. The molecule has 0 saturated carbocycles. The number of benzene rings is 3. The van der Waals surface area contributed by atoms with Gasteiger partial charge in [0.15, 0.2) is 11.8 Å². The van der Waals surface area contributed by atoms with Crippen LogP contribution >= 0.6 is 11.8 Å². The number of hydrogen-bond acceptors (Lipinski definition) is 9. The van der Waals surface area contributed by atoms with Gasteiger partial charge in [0.2, 0.25) is 0 Å². The Morgan fingerprint density at radius 2 is 1.55 bits per heavy atom. The monoisotopic (exact) mass is 585 g/mol. The van der Waals surface area contributed by atoms with Crippen LogP contribution in [0.4, 0.5) is 0 Å². The Hall–Kier alpha value is -4.90. The summed E-state index contributed by atoms with van der Waals surface area (Å²) in [5.74, 6) is -2.34. The van der Waals surface area contributed by atoms with Gasteiger partial charge in [-0.25, -0.2) is 4.79 Å². The quantitative estimate of drug-likeness (QED) is 0.128. The minimum atomic E-state index is -0.986. The summed E-state index contributed by atoms with van der Waals surface area (Å²) in [6, 6.07) is 25.8. The molecule has 11 heteroatoms. The van der Waals surface area contributed by atoms with Crippen LogP contribution in [0.25, 0.3) is 0 Å². The molecule has 1 saturated heterocycles. The number of esters is 2. The number of thioether (sulfide) groups is 1. The molecule has 214 valence electrons. The molecule has 0 aromatic heterocycles. The van der Waals surface area contributed by atoms with E-state index in [1.807, 2.05) is 60.7 Å². The van der Waals surface area contributed by atoms with Crippen LogP contribution in [0.3, 0.4) is 0 Å². The van der Waals surface area contributed by atoms with Gasteiger partial charge in [-0.1, -0.05) is 96.2 Å². The molecule has 10 nitrogen and oxygen atoms in total. The standard InChI is InChI=1S/C31H27N3O7S/c1-19(35)40-17-23-18-42-30-25(32-28(36)24(33-39)20-11-5-2-6-12-20)29(37)34(30)26(23)31(38)41-27(21-13-7-3-8-14-21)22-15-9-4-10-16-22/h2-16,25,27,30,39H,17-18H2,1H3,(H,32,36)/b33-24+/t25-,30-/m1/s1. The van der Waals surface area contributed by atoms with Crippen molar-refractivity contribution in [2.24, 2.45) is 5.16 Å². The van der Waals surface area contributed by atoms with Gasteiger partial charge in [0.25, 0.3) is 11.8 Å². The Balaban J connectivity index is 1.41. The number of fused-ring (bicyclic) bond motifs is 1. The Kier molecular flexibility index (Phi) is 8.68. The molecule has 0 radical (unpaired) electrons. The van der Waals surface area contributed by atoms with Gasteiger partial charge in [0, 0.05) is 23.8 Å². The number of nitrogens with zero attached hydrogens (tertiary/aromatic N) is 2. The second-order valence-electron chi connectivity index (χ2n) is 9.51. The zero-order chi connectivity index (χ0) is 29.6. The van der Waals surface area contributed by atoms with Crippen LogP contribution in [0.15, 0.2) is 107 Å². The number of hydrogen-bond donors (Lipinski definition) is 2. The molecule has 1 fully saturated rings. The molecule has 0 unspecified atom stereocenters. The van der Waals surface area contributed by atoms with E-state index in [4.69, 9.17) is 9.47 Å². The summed E-state index contributed by atoms with van der Waals surface area (Å²) < 4.78 is 11.2. The predicted octanol–water partition coefficient (Wildman–Crippen LogP) is 3.41.